The summed E-state index contributed by atoms with van der Waals surface area (Å²) in [5, 5.41) is 3.99. The highest BCUT2D eigenvalue weighted by Gasteiger charge is 2.25. The van der Waals surface area contributed by atoms with E-state index in [1.807, 2.05) is 0 Å². The first kappa shape index (κ1) is 16.2. The molecule has 4 heteroatoms. The Balaban J connectivity index is 2.86. The molecule has 1 N–H and O–H groups in total. The topological polar surface area (TPSA) is 37.8 Å². The number of aromatic nitrogens is 2. The second kappa shape index (κ2) is 6.08. The van der Waals surface area contributed by atoms with Gasteiger partial charge in [0.15, 0.2) is 0 Å². The summed E-state index contributed by atoms with van der Waals surface area (Å²) in [6.07, 6.45) is 2.92. The quantitative estimate of drug-likeness (QED) is 0.795. The SMILES string of the molecule is CCCc1nc(Cl)cc(NC(C)(C)CC(C)(C)C)n1. The lowest BCUT2D eigenvalue weighted by atomic mass is 9.82. The van der Waals surface area contributed by atoms with Gasteiger partial charge in [-0.15, -0.1) is 0 Å². The number of nitrogens with zero attached hydrogens (tertiary/aromatic N) is 2. The molecule has 0 saturated heterocycles. The molecule has 0 aliphatic rings. The third-order valence-electron chi connectivity index (χ3n) is 2.65. The maximum Gasteiger partial charge on any atom is 0.134 e. The molecule has 0 aromatic carbocycles. The standard InChI is InChI=1S/C15H26ClN3/c1-7-8-12-17-11(16)9-13(18-12)19-15(5,6)10-14(2,3)4/h9H,7-8,10H2,1-6H3,(H,17,18,19). The highest BCUT2D eigenvalue weighted by atomic mass is 35.5. The largest absolute Gasteiger partial charge is 0.365 e. The lowest BCUT2D eigenvalue weighted by Crippen LogP contribution is -2.35. The van der Waals surface area contributed by atoms with Gasteiger partial charge < -0.3 is 5.32 Å². The predicted octanol–water partition coefficient (Wildman–Crippen LogP) is 4.71. The molecule has 19 heavy (non-hydrogen) atoms. The van der Waals surface area contributed by atoms with Gasteiger partial charge in [-0.2, -0.15) is 0 Å². The molecule has 0 saturated carbocycles. The van der Waals surface area contributed by atoms with Gasteiger partial charge in [0.25, 0.3) is 0 Å². The summed E-state index contributed by atoms with van der Waals surface area (Å²) in [5.74, 6) is 1.63. The molecule has 0 spiro atoms. The van der Waals surface area contributed by atoms with Crippen molar-refractivity contribution in [1.82, 2.24) is 9.97 Å². The first-order valence-corrected chi connectivity index (χ1v) is 7.31. The maximum atomic E-state index is 6.06. The van der Waals surface area contributed by atoms with Crippen LogP contribution in [0.5, 0.6) is 0 Å². The Labute approximate surface area is 122 Å². The van der Waals surface area contributed by atoms with Crippen LogP contribution in [0.2, 0.25) is 5.15 Å². The van der Waals surface area contributed by atoms with Gasteiger partial charge in [-0.25, -0.2) is 9.97 Å². The summed E-state index contributed by atoms with van der Waals surface area (Å²) in [6, 6.07) is 1.80. The number of hydrogen-bond donors (Lipinski definition) is 1. The first-order valence-electron chi connectivity index (χ1n) is 6.93. The molecule has 1 heterocycles. The molecule has 3 nitrogen and oxygen atoms in total. The molecule has 0 bridgehead atoms. The van der Waals surface area contributed by atoms with Crippen molar-refractivity contribution in [2.24, 2.45) is 5.41 Å². The van der Waals surface area contributed by atoms with Crippen LogP contribution >= 0.6 is 11.6 Å². The average Bonchev–Trinajstić information content (AvgIpc) is 2.10. The highest BCUT2D eigenvalue weighted by molar-refractivity contribution is 6.29. The minimum atomic E-state index is -0.0284. The highest BCUT2D eigenvalue weighted by Crippen LogP contribution is 2.29. The maximum absolute atomic E-state index is 6.06. The van der Waals surface area contributed by atoms with Crippen molar-refractivity contribution in [2.45, 2.75) is 66.3 Å². The van der Waals surface area contributed by atoms with Crippen LogP contribution in [0.1, 0.15) is 60.2 Å². The molecule has 0 aliphatic carbocycles. The summed E-state index contributed by atoms with van der Waals surface area (Å²) in [5.41, 5.74) is 0.235. The van der Waals surface area contributed by atoms with Crippen molar-refractivity contribution < 1.29 is 0 Å². The van der Waals surface area contributed by atoms with Crippen LogP contribution in [0.3, 0.4) is 0 Å². The Morgan fingerprint density at radius 2 is 1.79 bits per heavy atom. The zero-order chi connectivity index (χ0) is 14.7. The van der Waals surface area contributed by atoms with Crippen molar-refractivity contribution in [2.75, 3.05) is 5.32 Å². The molecule has 0 atom stereocenters. The lowest BCUT2D eigenvalue weighted by molar-refractivity contribution is 0.302. The van der Waals surface area contributed by atoms with Crippen molar-refractivity contribution >= 4 is 17.4 Å². The summed E-state index contributed by atoms with van der Waals surface area (Å²) in [7, 11) is 0. The molecule has 1 rings (SSSR count). The zero-order valence-electron chi connectivity index (χ0n) is 13.0. The second-order valence-corrected chi connectivity index (χ2v) is 7.38. The van der Waals surface area contributed by atoms with E-state index >= 15 is 0 Å². The molecular weight excluding hydrogens is 258 g/mol. The average molecular weight is 284 g/mol. The first-order chi connectivity index (χ1) is 8.61. The van der Waals surface area contributed by atoms with Gasteiger partial charge in [0.1, 0.15) is 16.8 Å². The van der Waals surface area contributed by atoms with E-state index in [9.17, 15) is 0 Å². The minimum Gasteiger partial charge on any atom is -0.365 e. The zero-order valence-corrected chi connectivity index (χ0v) is 13.7. The fraction of sp³-hybridized carbons (Fsp3) is 0.733. The molecule has 108 valence electrons. The minimum absolute atomic E-state index is 0.0284. The molecule has 0 unspecified atom stereocenters. The fourth-order valence-corrected chi connectivity index (χ4v) is 2.78. The molecular formula is C15H26ClN3. The molecule has 0 radical (unpaired) electrons. The number of halogens is 1. The molecule has 1 aromatic heterocycles. The Morgan fingerprint density at radius 3 is 2.32 bits per heavy atom. The Bertz CT molecular complexity index is 422. The molecule has 1 aromatic rings. The van der Waals surface area contributed by atoms with Crippen LogP contribution in [0.15, 0.2) is 6.07 Å². The lowest BCUT2D eigenvalue weighted by Gasteiger charge is -2.33. The van der Waals surface area contributed by atoms with Gasteiger partial charge in [0.2, 0.25) is 0 Å². The number of nitrogens with one attached hydrogen (secondary N) is 1. The summed E-state index contributed by atoms with van der Waals surface area (Å²) in [6.45, 7) is 13.2. The van der Waals surface area contributed by atoms with Crippen molar-refractivity contribution in [3.8, 4) is 0 Å². The molecule has 0 aliphatic heterocycles. The van der Waals surface area contributed by atoms with Crippen LogP contribution in [-0.4, -0.2) is 15.5 Å². The van der Waals surface area contributed by atoms with Gasteiger partial charge >= 0.3 is 0 Å². The Kier molecular flexibility index (Phi) is 5.19. The van der Waals surface area contributed by atoms with Gasteiger partial charge in [-0.05, 0) is 32.1 Å². The number of hydrogen-bond acceptors (Lipinski definition) is 3. The predicted molar refractivity (Wildman–Crippen MR) is 82.8 cm³/mol. The monoisotopic (exact) mass is 283 g/mol. The van der Waals surface area contributed by atoms with Crippen LogP contribution in [-0.2, 0) is 6.42 Å². The van der Waals surface area contributed by atoms with E-state index in [0.29, 0.717) is 5.15 Å². The number of aryl methyl sites for hydroxylation is 1. The van der Waals surface area contributed by atoms with E-state index in [0.717, 1.165) is 30.9 Å². The van der Waals surface area contributed by atoms with Crippen LogP contribution < -0.4 is 5.32 Å². The number of anilines is 1. The van der Waals surface area contributed by atoms with Crippen LogP contribution in [0.4, 0.5) is 5.82 Å². The van der Waals surface area contributed by atoms with E-state index in [-0.39, 0.29) is 11.0 Å². The molecule has 0 amide bonds. The fourth-order valence-electron chi connectivity index (χ4n) is 2.58. The summed E-state index contributed by atoms with van der Waals surface area (Å²) >= 11 is 6.06. The van der Waals surface area contributed by atoms with Crippen molar-refractivity contribution in [1.29, 1.82) is 0 Å². The smallest absolute Gasteiger partial charge is 0.134 e. The van der Waals surface area contributed by atoms with Crippen LogP contribution in [0.25, 0.3) is 0 Å². The van der Waals surface area contributed by atoms with Crippen LogP contribution in [0, 0.1) is 5.41 Å². The van der Waals surface area contributed by atoms with E-state index in [4.69, 9.17) is 11.6 Å². The summed E-state index contributed by atoms with van der Waals surface area (Å²) in [4.78, 5) is 8.77. The summed E-state index contributed by atoms with van der Waals surface area (Å²) < 4.78 is 0. The van der Waals surface area contributed by atoms with Gasteiger partial charge in [0, 0.05) is 18.0 Å². The van der Waals surface area contributed by atoms with E-state index in [2.05, 4.69) is 56.8 Å². The van der Waals surface area contributed by atoms with Gasteiger partial charge in [-0.1, -0.05) is 39.3 Å². The van der Waals surface area contributed by atoms with Crippen molar-refractivity contribution in [3.05, 3.63) is 17.0 Å². The second-order valence-electron chi connectivity index (χ2n) is 6.99. The van der Waals surface area contributed by atoms with E-state index in [1.54, 1.807) is 6.07 Å². The Hall–Kier alpha value is -0.830. The van der Waals surface area contributed by atoms with Crippen molar-refractivity contribution in [3.63, 3.8) is 0 Å². The van der Waals surface area contributed by atoms with Gasteiger partial charge in [0.05, 0.1) is 0 Å². The third-order valence-corrected chi connectivity index (χ3v) is 2.85. The normalized spacial score (nSPS) is 12.6. The van der Waals surface area contributed by atoms with E-state index in [1.165, 1.54) is 0 Å². The van der Waals surface area contributed by atoms with Gasteiger partial charge in [-0.3, -0.25) is 0 Å². The number of rotatable bonds is 5. The third kappa shape index (κ3) is 6.24. The Morgan fingerprint density at radius 1 is 1.16 bits per heavy atom. The van der Waals surface area contributed by atoms with E-state index < -0.39 is 0 Å². The molecule has 0 fully saturated rings.